The SMILES string of the molecule is C=C(/C=C(\C=C\C1ON=C(Cc2cc(C(F)(F)F)ccc2-c2cc(-c3ccc(C(=O)O)cc3C)ccc2OC)[C@@H]1C)C(F)(F)F)C(F)(F)F. The molecule has 0 saturated carbocycles. The van der Waals surface area contributed by atoms with Gasteiger partial charge in [0.05, 0.1) is 29.5 Å². The van der Waals surface area contributed by atoms with Crippen LogP contribution in [0.2, 0.25) is 0 Å². The number of aryl methyl sites for hydroxylation is 1. The van der Waals surface area contributed by atoms with Crippen LogP contribution < -0.4 is 4.74 Å². The number of nitrogens with zero attached hydrogens (tertiary/aromatic N) is 1. The molecule has 1 unspecified atom stereocenters. The molecule has 14 heteroatoms. The molecule has 49 heavy (non-hydrogen) atoms. The molecular weight excluding hydrogens is 669 g/mol. The summed E-state index contributed by atoms with van der Waals surface area (Å²) in [4.78, 5) is 16.7. The third-order valence-corrected chi connectivity index (χ3v) is 7.87. The van der Waals surface area contributed by atoms with Crippen LogP contribution >= 0.6 is 0 Å². The van der Waals surface area contributed by atoms with Crippen molar-refractivity contribution in [2.45, 2.75) is 44.9 Å². The van der Waals surface area contributed by atoms with Gasteiger partial charge in [0, 0.05) is 23.5 Å². The van der Waals surface area contributed by atoms with Crippen molar-refractivity contribution in [2.24, 2.45) is 11.1 Å². The lowest BCUT2D eigenvalue weighted by Crippen LogP contribution is -2.21. The van der Waals surface area contributed by atoms with Crippen LogP contribution in [0.3, 0.4) is 0 Å². The van der Waals surface area contributed by atoms with Gasteiger partial charge in [-0.05, 0) is 83.3 Å². The molecule has 0 spiro atoms. The zero-order valence-electron chi connectivity index (χ0n) is 26.0. The van der Waals surface area contributed by atoms with Crippen molar-refractivity contribution in [1.82, 2.24) is 0 Å². The lowest BCUT2D eigenvalue weighted by molar-refractivity contribution is -0.137. The van der Waals surface area contributed by atoms with Crippen LogP contribution in [0.4, 0.5) is 39.5 Å². The number of alkyl halides is 9. The van der Waals surface area contributed by atoms with E-state index in [1.54, 1.807) is 31.2 Å². The Hall–Kier alpha value is -5.01. The van der Waals surface area contributed by atoms with Gasteiger partial charge in [-0.3, -0.25) is 0 Å². The topological polar surface area (TPSA) is 68.1 Å². The number of methoxy groups -OCH3 is 1. The highest BCUT2D eigenvalue weighted by Gasteiger charge is 2.38. The van der Waals surface area contributed by atoms with E-state index in [2.05, 4.69) is 11.7 Å². The van der Waals surface area contributed by atoms with Crippen LogP contribution in [0, 0.1) is 12.8 Å². The van der Waals surface area contributed by atoms with Crippen LogP contribution in [0.25, 0.3) is 22.3 Å². The molecule has 1 aliphatic heterocycles. The number of hydrogen-bond donors (Lipinski definition) is 1. The highest BCUT2D eigenvalue weighted by atomic mass is 19.4. The first kappa shape index (κ1) is 36.8. The van der Waals surface area contributed by atoms with E-state index < -0.39 is 53.2 Å². The van der Waals surface area contributed by atoms with Crippen LogP contribution in [0.1, 0.15) is 34.0 Å². The molecule has 3 aromatic rings. The fourth-order valence-corrected chi connectivity index (χ4v) is 5.16. The Bertz CT molecular complexity index is 1850. The lowest BCUT2D eigenvalue weighted by Gasteiger charge is -2.18. The number of halogens is 9. The van der Waals surface area contributed by atoms with Crippen molar-refractivity contribution >= 4 is 11.7 Å². The third-order valence-electron chi connectivity index (χ3n) is 7.87. The second kappa shape index (κ2) is 13.8. The minimum Gasteiger partial charge on any atom is -0.496 e. The highest BCUT2D eigenvalue weighted by Crippen LogP contribution is 2.41. The second-order valence-corrected chi connectivity index (χ2v) is 11.2. The number of aromatic carboxylic acids is 1. The fourth-order valence-electron chi connectivity index (χ4n) is 5.16. The number of rotatable bonds is 9. The highest BCUT2D eigenvalue weighted by molar-refractivity contribution is 5.93. The largest absolute Gasteiger partial charge is 0.496 e. The third kappa shape index (κ3) is 8.54. The molecule has 1 aliphatic rings. The van der Waals surface area contributed by atoms with Gasteiger partial charge in [0.25, 0.3) is 0 Å². The van der Waals surface area contributed by atoms with E-state index >= 15 is 0 Å². The molecular formula is C35H28F9NO4. The van der Waals surface area contributed by atoms with Crippen molar-refractivity contribution in [2.75, 3.05) is 7.11 Å². The molecule has 0 saturated heterocycles. The van der Waals surface area contributed by atoms with Crippen LogP contribution in [-0.2, 0) is 17.4 Å². The predicted molar refractivity (Wildman–Crippen MR) is 164 cm³/mol. The summed E-state index contributed by atoms with van der Waals surface area (Å²) in [6.45, 7) is 5.85. The molecule has 260 valence electrons. The molecule has 3 aromatic carbocycles. The zero-order valence-corrected chi connectivity index (χ0v) is 26.0. The van der Waals surface area contributed by atoms with Crippen molar-refractivity contribution in [3.63, 3.8) is 0 Å². The van der Waals surface area contributed by atoms with E-state index in [4.69, 9.17) is 9.57 Å². The van der Waals surface area contributed by atoms with E-state index in [-0.39, 0.29) is 29.3 Å². The Morgan fingerprint density at radius 3 is 2.18 bits per heavy atom. The maximum Gasteiger partial charge on any atom is 0.416 e. The van der Waals surface area contributed by atoms with Gasteiger partial charge in [-0.2, -0.15) is 39.5 Å². The minimum absolute atomic E-state index is 0.0688. The second-order valence-electron chi connectivity index (χ2n) is 11.2. The van der Waals surface area contributed by atoms with Gasteiger partial charge < -0.3 is 14.7 Å². The molecule has 1 heterocycles. The van der Waals surface area contributed by atoms with E-state index in [0.717, 1.165) is 18.2 Å². The molecule has 5 nitrogen and oxygen atoms in total. The van der Waals surface area contributed by atoms with Crippen LogP contribution in [0.15, 0.2) is 95.7 Å². The lowest BCUT2D eigenvalue weighted by atomic mass is 9.88. The van der Waals surface area contributed by atoms with Crippen molar-refractivity contribution in [3.05, 3.63) is 113 Å². The molecule has 0 aromatic heterocycles. The summed E-state index contributed by atoms with van der Waals surface area (Å²) in [6.07, 6.45) is -15.2. The van der Waals surface area contributed by atoms with Crippen LogP contribution in [-0.4, -0.2) is 42.4 Å². The predicted octanol–water partition coefficient (Wildman–Crippen LogP) is 10.2. The number of benzene rings is 3. The fraction of sp³-hybridized carbons (Fsp3) is 0.257. The summed E-state index contributed by atoms with van der Waals surface area (Å²) in [5.74, 6) is -1.60. The number of hydrogen-bond acceptors (Lipinski definition) is 4. The van der Waals surface area contributed by atoms with Crippen LogP contribution in [0.5, 0.6) is 5.75 Å². The van der Waals surface area contributed by atoms with Crippen molar-refractivity contribution in [1.29, 1.82) is 0 Å². The summed E-state index contributed by atoms with van der Waals surface area (Å²) in [5, 5.41) is 13.2. The molecule has 2 atom stereocenters. The Labute approximate surface area is 274 Å². The van der Waals surface area contributed by atoms with Gasteiger partial charge in [-0.25, -0.2) is 4.79 Å². The van der Waals surface area contributed by atoms with Gasteiger partial charge in [0.1, 0.15) is 5.75 Å². The van der Waals surface area contributed by atoms with Gasteiger partial charge in [-0.15, -0.1) is 0 Å². The Morgan fingerprint density at radius 2 is 1.61 bits per heavy atom. The van der Waals surface area contributed by atoms with E-state index in [1.807, 2.05) is 0 Å². The number of carboxylic acids is 1. The van der Waals surface area contributed by atoms with Crippen molar-refractivity contribution < 1.29 is 59.0 Å². The standard InChI is InChI=1S/C35H28F9NO4/c1-18-13-22(32(46)47)5-9-26(18)21-6-11-31(48-4)28(16-21)27-10-7-25(35(42,43)44)15-23(27)17-29-20(3)30(49-45-29)12-8-24(34(39,40)41)14-19(2)33(36,37)38/h5-16,20,30H,2,17H2,1,3-4H3,(H,46,47)/b12-8+,24-14+/t20-,30?/m0/s1. The summed E-state index contributed by atoms with van der Waals surface area (Å²) >= 11 is 0. The summed E-state index contributed by atoms with van der Waals surface area (Å²) in [5.41, 5.74) is -1.38. The van der Waals surface area contributed by atoms with Gasteiger partial charge in [-0.1, -0.05) is 42.9 Å². The molecule has 0 amide bonds. The smallest absolute Gasteiger partial charge is 0.416 e. The molecule has 0 fully saturated rings. The van der Waals surface area contributed by atoms with Gasteiger partial charge in [0.2, 0.25) is 0 Å². The van der Waals surface area contributed by atoms with E-state index in [9.17, 15) is 49.4 Å². The van der Waals surface area contributed by atoms with E-state index in [0.29, 0.717) is 39.6 Å². The monoisotopic (exact) mass is 697 g/mol. The number of carboxylic acid groups (broad SMARTS) is 1. The number of carbonyl (C=O) groups is 1. The Morgan fingerprint density at radius 1 is 0.939 bits per heavy atom. The van der Waals surface area contributed by atoms with Crippen molar-refractivity contribution in [3.8, 4) is 28.0 Å². The first-order valence-corrected chi connectivity index (χ1v) is 14.4. The first-order chi connectivity index (χ1) is 22.7. The van der Waals surface area contributed by atoms with Gasteiger partial charge >= 0.3 is 24.5 Å². The summed E-state index contributed by atoms with van der Waals surface area (Å²) in [7, 11) is 1.37. The molecule has 0 bridgehead atoms. The average molecular weight is 698 g/mol. The molecule has 0 radical (unpaired) electrons. The minimum atomic E-state index is -5.16. The van der Waals surface area contributed by atoms with Gasteiger partial charge in [0.15, 0.2) is 6.10 Å². The molecule has 0 aliphatic carbocycles. The average Bonchev–Trinajstić information content (AvgIpc) is 3.35. The summed E-state index contributed by atoms with van der Waals surface area (Å²) in [6, 6.07) is 12.6. The Kier molecular flexibility index (Phi) is 10.4. The number of ether oxygens (including phenoxy) is 1. The number of allylic oxidation sites excluding steroid dienone is 4. The van der Waals surface area contributed by atoms with E-state index in [1.165, 1.54) is 32.2 Å². The zero-order chi connectivity index (χ0) is 36.5. The normalized spacial score (nSPS) is 17.2. The molecule has 1 N–H and O–H groups in total. The molecule has 4 rings (SSSR count). The number of oxime groups is 1. The maximum atomic E-state index is 13.9. The summed E-state index contributed by atoms with van der Waals surface area (Å²) < 4.78 is 126. The Balaban J connectivity index is 1.72. The quantitative estimate of drug-likeness (QED) is 0.179. The first-order valence-electron chi connectivity index (χ1n) is 14.4. The maximum absolute atomic E-state index is 13.9.